The molecule has 86 valence electrons. The second kappa shape index (κ2) is 4.22. The lowest BCUT2D eigenvalue weighted by Crippen LogP contribution is -1.96. The summed E-state index contributed by atoms with van der Waals surface area (Å²) in [7, 11) is 0. The predicted octanol–water partition coefficient (Wildman–Crippen LogP) is 2.32. The van der Waals surface area contributed by atoms with E-state index < -0.39 is 0 Å². The maximum absolute atomic E-state index is 5.71. The summed E-state index contributed by atoms with van der Waals surface area (Å²) < 4.78 is 3.99. The van der Waals surface area contributed by atoms with Crippen molar-refractivity contribution in [3.63, 3.8) is 0 Å². The van der Waals surface area contributed by atoms with Crippen molar-refractivity contribution in [1.82, 2.24) is 18.9 Å². The van der Waals surface area contributed by atoms with Crippen LogP contribution < -0.4 is 0 Å². The zero-order chi connectivity index (χ0) is 11.7. The van der Waals surface area contributed by atoms with E-state index in [2.05, 4.69) is 9.97 Å². The number of halogens is 1. The number of alkyl halides is 1. The Hall–Kier alpha value is -1.81. The van der Waals surface area contributed by atoms with Gasteiger partial charge in [0.05, 0.1) is 30.1 Å². The van der Waals surface area contributed by atoms with Crippen molar-refractivity contribution in [2.24, 2.45) is 0 Å². The molecule has 0 saturated carbocycles. The number of nitrogens with zero attached hydrogens (tertiary/aromatic N) is 4. The van der Waals surface area contributed by atoms with Crippen LogP contribution in [0.1, 0.15) is 11.4 Å². The summed E-state index contributed by atoms with van der Waals surface area (Å²) in [4.78, 5) is 8.71. The third-order valence-corrected chi connectivity index (χ3v) is 2.86. The average molecular weight is 247 g/mol. The molecule has 0 aliphatic heterocycles. The molecule has 4 nitrogen and oxygen atoms in total. The smallest absolute Gasteiger partial charge is 0.137 e. The minimum Gasteiger partial charge on any atom is -0.331 e. The van der Waals surface area contributed by atoms with Gasteiger partial charge in [-0.15, -0.1) is 11.6 Å². The van der Waals surface area contributed by atoms with Gasteiger partial charge < -0.3 is 8.97 Å². The Labute approximate surface area is 103 Å². The first kappa shape index (κ1) is 10.4. The molecule has 0 fully saturated rings. The van der Waals surface area contributed by atoms with Crippen LogP contribution in [-0.4, -0.2) is 18.9 Å². The zero-order valence-electron chi connectivity index (χ0n) is 9.12. The molecule has 0 N–H and O–H groups in total. The van der Waals surface area contributed by atoms with Crippen molar-refractivity contribution in [1.29, 1.82) is 0 Å². The first-order chi connectivity index (χ1) is 8.35. The summed E-state index contributed by atoms with van der Waals surface area (Å²) in [6, 6.07) is 5.96. The predicted molar refractivity (Wildman–Crippen MR) is 66.1 cm³/mol. The van der Waals surface area contributed by atoms with E-state index in [0.29, 0.717) is 12.4 Å². The van der Waals surface area contributed by atoms with Crippen LogP contribution in [0.25, 0.3) is 5.65 Å². The van der Waals surface area contributed by atoms with Crippen LogP contribution >= 0.6 is 11.6 Å². The summed E-state index contributed by atoms with van der Waals surface area (Å²) in [5, 5.41) is 0. The third kappa shape index (κ3) is 2.03. The van der Waals surface area contributed by atoms with Crippen molar-refractivity contribution in [2.75, 3.05) is 0 Å². The normalized spacial score (nSPS) is 11.1. The van der Waals surface area contributed by atoms with Crippen LogP contribution in [0.4, 0.5) is 0 Å². The molecule has 0 aromatic carbocycles. The van der Waals surface area contributed by atoms with Crippen LogP contribution in [0.3, 0.4) is 0 Å². The van der Waals surface area contributed by atoms with Crippen LogP contribution in [0.5, 0.6) is 0 Å². The number of hydrogen-bond acceptors (Lipinski definition) is 2. The molecule has 17 heavy (non-hydrogen) atoms. The largest absolute Gasteiger partial charge is 0.331 e. The highest BCUT2D eigenvalue weighted by atomic mass is 35.5. The zero-order valence-corrected chi connectivity index (χ0v) is 9.88. The van der Waals surface area contributed by atoms with Gasteiger partial charge in [0.15, 0.2) is 0 Å². The van der Waals surface area contributed by atoms with Crippen molar-refractivity contribution in [3.05, 3.63) is 54.5 Å². The molecule has 0 amide bonds. The first-order valence-corrected chi connectivity index (χ1v) is 5.88. The third-order valence-electron chi connectivity index (χ3n) is 2.58. The van der Waals surface area contributed by atoms with E-state index in [0.717, 1.165) is 17.0 Å². The molecule has 0 aliphatic rings. The molecule has 5 heteroatoms. The standard InChI is InChI=1S/C12H11ClN4/c13-5-10-6-16(9-14-10)7-11-8-17-4-2-1-3-12(17)15-11/h1-4,6,8-9H,5,7H2. The van der Waals surface area contributed by atoms with Crippen molar-refractivity contribution in [3.8, 4) is 0 Å². The molecular formula is C12H11ClN4. The Balaban J connectivity index is 1.89. The van der Waals surface area contributed by atoms with Crippen LogP contribution in [0.15, 0.2) is 43.1 Å². The monoisotopic (exact) mass is 246 g/mol. The van der Waals surface area contributed by atoms with E-state index >= 15 is 0 Å². The van der Waals surface area contributed by atoms with E-state index in [1.54, 1.807) is 6.33 Å². The average Bonchev–Trinajstić information content (AvgIpc) is 2.94. The number of fused-ring (bicyclic) bond motifs is 1. The van der Waals surface area contributed by atoms with Gasteiger partial charge in [0.25, 0.3) is 0 Å². The maximum atomic E-state index is 5.71. The molecular weight excluding hydrogens is 236 g/mol. The Morgan fingerprint density at radius 2 is 2.12 bits per heavy atom. The lowest BCUT2D eigenvalue weighted by atomic mass is 10.4. The SMILES string of the molecule is ClCc1cn(Cc2cn3ccccc3n2)cn1. The molecule has 3 aromatic rings. The van der Waals surface area contributed by atoms with E-state index in [4.69, 9.17) is 11.6 Å². The number of aromatic nitrogens is 4. The van der Waals surface area contributed by atoms with Gasteiger partial charge in [-0.25, -0.2) is 9.97 Å². The molecule has 3 aromatic heterocycles. The van der Waals surface area contributed by atoms with Crippen LogP contribution in [0, 0.1) is 0 Å². The van der Waals surface area contributed by atoms with E-state index in [1.165, 1.54) is 0 Å². The molecule has 3 heterocycles. The van der Waals surface area contributed by atoms with Gasteiger partial charge in [0.1, 0.15) is 5.65 Å². The Bertz CT molecular complexity index is 608. The van der Waals surface area contributed by atoms with Gasteiger partial charge in [-0.1, -0.05) is 6.07 Å². The molecule has 0 bridgehead atoms. The highest BCUT2D eigenvalue weighted by Gasteiger charge is 2.02. The second-order valence-electron chi connectivity index (χ2n) is 3.87. The maximum Gasteiger partial charge on any atom is 0.137 e. The molecule has 0 saturated heterocycles. The Morgan fingerprint density at radius 3 is 2.88 bits per heavy atom. The van der Waals surface area contributed by atoms with Crippen molar-refractivity contribution < 1.29 is 0 Å². The van der Waals surface area contributed by atoms with Crippen LogP contribution in [0.2, 0.25) is 0 Å². The van der Waals surface area contributed by atoms with Crippen LogP contribution in [-0.2, 0) is 12.4 Å². The molecule has 0 unspecified atom stereocenters. The molecule has 0 aliphatic carbocycles. The molecule has 3 rings (SSSR count). The molecule has 0 radical (unpaired) electrons. The summed E-state index contributed by atoms with van der Waals surface area (Å²) >= 11 is 5.71. The fourth-order valence-corrected chi connectivity index (χ4v) is 1.95. The van der Waals surface area contributed by atoms with Gasteiger partial charge >= 0.3 is 0 Å². The summed E-state index contributed by atoms with van der Waals surface area (Å²) in [5.74, 6) is 0.443. The van der Waals surface area contributed by atoms with Crippen molar-refractivity contribution in [2.45, 2.75) is 12.4 Å². The lowest BCUT2D eigenvalue weighted by molar-refractivity contribution is 0.778. The number of pyridine rings is 1. The van der Waals surface area contributed by atoms with E-state index in [-0.39, 0.29) is 0 Å². The lowest BCUT2D eigenvalue weighted by Gasteiger charge is -1.96. The van der Waals surface area contributed by atoms with Crippen molar-refractivity contribution >= 4 is 17.2 Å². The Kier molecular flexibility index (Phi) is 2.57. The van der Waals surface area contributed by atoms with E-state index in [9.17, 15) is 0 Å². The fourth-order valence-electron chi connectivity index (χ4n) is 1.81. The quantitative estimate of drug-likeness (QED) is 0.665. The van der Waals surface area contributed by atoms with Gasteiger partial charge in [-0.3, -0.25) is 0 Å². The molecule has 0 spiro atoms. The summed E-state index contributed by atoms with van der Waals surface area (Å²) in [6.45, 7) is 0.714. The fraction of sp³-hybridized carbons (Fsp3) is 0.167. The number of hydrogen-bond donors (Lipinski definition) is 0. The van der Waals surface area contributed by atoms with Gasteiger partial charge in [0.2, 0.25) is 0 Å². The van der Waals surface area contributed by atoms with Gasteiger partial charge in [-0.2, -0.15) is 0 Å². The molecule has 0 atom stereocenters. The Morgan fingerprint density at radius 1 is 1.18 bits per heavy atom. The first-order valence-electron chi connectivity index (χ1n) is 5.34. The topological polar surface area (TPSA) is 35.1 Å². The highest BCUT2D eigenvalue weighted by molar-refractivity contribution is 6.16. The van der Waals surface area contributed by atoms with Gasteiger partial charge in [-0.05, 0) is 12.1 Å². The number of imidazole rings is 2. The number of rotatable bonds is 3. The van der Waals surface area contributed by atoms with Gasteiger partial charge in [0, 0.05) is 18.6 Å². The van der Waals surface area contributed by atoms with E-state index in [1.807, 2.05) is 45.8 Å². The second-order valence-corrected chi connectivity index (χ2v) is 4.14. The highest BCUT2D eigenvalue weighted by Crippen LogP contribution is 2.07. The minimum absolute atomic E-state index is 0.443. The summed E-state index contributed by atoms with van der Waals surface area (Å²) in [6.07, 6.45) is 7.73. The minimum atomic E-state index is 0.443. The summed E-state index contributed by atoms with van der Waals surface area (Å²) in [5.41, 5.74) is 2.85.